The predicted octanol–water partition coefficient (Wildman–Crippen LogP) is 1.43. The summed E-state index contributed by atoms with van der Waals surface area (Å²) >= 11 is 0. The van der Waals surface area contributed by atoms with E-state index in [1.807, 2.05) is 0 Å². The van der Waals surface area contributed by atoms with Gasteiger partial charge in [0.25, 0.3) is 0 Å². The fourth-order valence-corrected chi connectivity index (χ4v) is 3.17. The van der Waals surface area contributed by atoms with E-state index in [-0.39, 0.29) is 0 Å². The van der Waals surface area contributed by atoms with Gasteiger partial charge in [-0.25, -0.2) is 0 Å². The average molecular weight is 213 g/mol. The van der Waals surface area contributed by atoms with Gasteiger partial charge in [-0.15, -0.1) is 0 Å². The topological polar surface area (TPSA) is 12.0 Å². The summed E-state index contributed by atoms with van der Waals surface area (Å²) in [4.78, 5) is 0. The Morgan fingerprint density at radius 1 is 1.31 bits per heavy atom. The molecule has 0 unspecified atom stereocenters. The van der Waals surface area contributed by atoms with Gasteiger partial charge >= 0.3 is 0 Å². The molecule has 0 aromatic heterocycles. The maximum Gasteiger partial charge on any atom is 0.139 e. The van der Waals surface area contributed by atoms with E-state index in [2.05, 4.69) is 26.3 Å². The number of rotatable bonds is 3. The normalized spacial score (nSPS) is 18.6. The highest BCUT2D eigenvalue weighted by Gasteiger charge is 2.25. The van der Waals surface area contributed by atoms with E-state index >= 15 is 0 Å². The second-order valence-corrected chi connectivity index (χ2v) is 5.44. The lowest BCUT2D eigenvalue weighted by molar-refractivity contribution is 0.832. The molecule has 1 aromatic rings. The Morgan fingerprint density at radius 3 is 2.75 bits per heavy atom. The minimum Gasteiger partial charge on any atom is -0.388 e. The lowest BCUT2D eigenvalue weighted by Gasteiger charge is -2.16. The Labute approximate surface area is 99.0 Å². The highest BCUT2D eigenvalue weighted by Crippen LogP contribution is 2.37. The summed E-state index contributed by atoms with van der Waals surface area (Å²) in [5, 5.41) is 3.46. The summed E-state index contributed by atoms with van der Waals surface area (Å²) in [6, 6.07) is 2.44. The van der Waals surface area contributed by atoms with Crippen molar-refractivity contribution in [2.45, 2.75) is 38.5 Å². The molecule has 2 aliphatic rings. The number of hydrogen-bond donors (Lipinski definition) is 1. The van der Waals surface area contributed by atoms with Crippen LogP contribution in [0, 0.1) is 5.92 Å². The van der Waals surface area contributed by atoms with Crippen LogP contribution in [0.3, 0.4) is 0 Å². The van der Waals surface area contributed by atoms with Crippen molar-refractivity contribution in [3.8, 4) is 0 Å². The van der Waals surface area contributed by atoms with Crippen LogP contribution in [0.2, 0.25) is 0 Å². The van der Waals surface area contributed by atoms with Crippen molar-refractivity contribution < 1.29 is 0 Å². The van der Waals surface area contributed by atoms with Crippen molar-refractivity contribution in [2.24, 2.45) is 5.92 Å². The van der Waals surface area contributed by atoms with Crippen molar-refractivity contribution in [3.63, 3.8) is 0 Å². The highest BCUT2D eigenvalue weighted by atomic mass is 14.8. The Morgan fingerprint density at radius 2 is 2.06 bits per heavy atom. The Hall–Kier alpha value is -0.915. The van der Waals surface area contributed by atoms with Crippen molar-refractivity contribution in [1.82, 2.24) is 0 Å². The second kappa shape index (κ2) is 3.83. The summed E-state index contributed by atoms with van der Waals surface area (Å²) in [6.45, 7) is 0. The molecule has 3 rings (SSSR count). The van der Waals surface area contributed by atoms with Gasteiger partial charge in [0.1, 0.15) is 7.85 Å². The van der Waals surface area contributed by atoms with Gasteiger partial charge in [-0.1, -0.05) is 11.5 Å². The van der Waals surface area contributed by atoms with E-state index in [4.69, 9.17) is 0 Å². The lowest BCUT2D eigenvalue weighted by atomic mass is 9.84. The van der Waals surface area contributed by atoms with Gasteiger partial charge in [0.2, 0.25) is 0 Å². The molecule has 1 aromatic carbocycles. The molecule has 0 radical (unpaired) electrons. The van der Waals surface area contributed by atoms with Crippen molar-refractivity contribution in [1.29, 1.82) is 0 Å². The van der Waals surface area contributed by atoms with Gasteiger partial charge < -0.3 is 5.32 Å². The van der Waals surface area contributed by atoms with Crippen LogP contribution in [-0.2, 0) is 19.3 Å². The summed E-state index contributed by atoms with van der Waals surface area (Å²) in [5.41, 5.74) is 7.82. The fraction of sp³-hybridized carbons (Fsp3) is 0.571. The van der Waals surface area contributed by atoms with Crippen LogP contribution < -0.4 is 10.8 Å². The summed E-state index contributed by atoms with van der Waals surface area (Å²) in [5.74, 6) is 0.978. The molecule has 1 N–H and O–H groups in total. The van der Waals surface area contributed by atoms with E-state index in [0.29, 0.717) is 0 Å². The van der Waals surface area contributed by atoms with E-state index in [1.165, 1.54) is 49.7 Å². The molecule has 1 saturated carbocycles. The predicted molar refractivity (Wildman–Crippen MR) is 72.6 cm³/mol. The van der Waals surface area contributed by atoms with Crippen molar-refractivity contribution in [3.05, 3.63) is 22.8 Å². The molecular formula is C14H20BN. The average Bonchev–Trinajstić information content (AvgIpc) is 2.94. The number of anilines is 1. The second-order valence-electron chi connectivity index (χ2n) is 5.44. The fourth-order valence-electron chi connectivity index (χ4n) is 3.17. The molecule has 0 bridgehead atoms. The van der Waals surface area contributed by atoms with Crippen LogP contribution in [0.5, 0.6) is 0 Å². The van der Waals surface area contributed by atoms with E-state index in [0.717, 1.165) is 5.92 Å². The quantitative estimate of drug-likeness (QED) is 0.749. The third kappa shape index (κ3) is 1.64. The molecule has 0 aliphatic heterocycles. The number of fused-ring (bicyclic) bond motifs is 1. The van der Waals surface area contributed by atoms with Gasteiger partial charge in [-0.3, -0.25) is 0 Å². The standard InChI is InChI=1S/C14H20BN/c1-16-14-10(7-9-5-6-9)8-13(15)11-3-2-4-12(11)14/h8-9,16H,2-7,15H2,1H3. The van der Waals surface area contributed by atoms with Gasteiger partial charge in [-0.2, -0.15) is 0 Å². The molecule has 1 fully saturated rings. The molecule has 0 atom stereocenters. The molecule has 16 heavy (non-hydrogen) atoms. The van der Waals surface area contributed by atoms with Gasteiger partial charge in [0.05, 0.1) is 0 Å². The van der Waals surface area contributed by atoms with Crippen molar-refractivity contribution >= 4 is 19.0 Å². The molecular weight excluding hydrogens is 193 g/mol. The number of hydrogen-bond acceptors (Lipinski definition) is 1. The largest absolute Gasteiger partial charge is 0.388 e. The van der Waals surface area contributed by atoms with Gasteiger partial charge in [0, 0.05) is 12.7 Å². The van der Waals surface area contributed by atoms with Gasteiger partial charge in [0.15, 0.2) is 0 Å². The first-order chi connectivity index (χ1) is 7.79. The number of benzene rings is 1. The zero-order chi connectivity index (χ0) is 11.1. The number of nitrogens with one attached hydrogen (secondary N) is 1. The molecule has 84 valence electrons. The first-order valence-corrected chi connectivity index (χ1v) is 6.61. The highest BCUT2D eigenvalue weighted by molar-refractivity contribution is 6.33. The van der Waals surface area contributed by atoms with E-state index < -0.39 is 0 Å². The summed E-state index contributed by atoms with van der Waals surface area (Å²) in [6.07, 6.45) is 8.10. The maximum atomic E-state index is 3.46. The van der Waals surface area contributed by atoms with Crippen LogP contribution in [0.15, 0.2) is 6.07 Å². The van der Waals surface area contributed by atoms with Crippen LogP contribution in [-0.4, -0.2) is 14.9 Å². The summed E-state index contributed by atoms with van der Waals surface area (Å²) in [7, 11) is 4.37. The third-order valence-corrected chi connectivity index (χ3v) is 4.16. The van der Waals surface area contributed by atoms with E-state index in [1.54, 1.807) is 16.7 Å². The molecule has 0 amide bonds. The zero-order valence-corrected chi connectivity index (χ0v) is 10.4. The first-order valence-electron chi connectivity index (χ1n) is 6.61. The molecule has 0 heterocycles. The molecule has 2 aliphatic carbocycles. The van der Waals surface area contributed by atoms with Crippen molar-refractivity contribution in [2.75, 3.05) is 12.4 Å². The zero-order valence-electron chi connectivity index (χ0n) is 10.4. The third-order valence-electron chi connectivity index (χ3n) is 4.16. The van der Waals surface area contributed by atoms with Crippen LogP contribution in [0.4, 0.5) is 5.69 Å². The van der Waals surface area contributed by atoms with E-state index in [9.17, 15) is 0 Å². The molecule has 0 spiro atoms. The minimum absolute atomic E-state index is 0.978. The van der Waals surface area contributed by atoms with Crippen LogP contribution >= 0.6 is 0 Å². The summed E-state index contributed by atoms with van der Waals surface area (Å²) < 4.78 is 0. The molecule has 1 nitrogen and oxygen atoms in total. The Bertz CT molecular complexity index is 421. The minimum atomic E-state index is 0.978. The van der Waals surface area contributed by atoms with Crippen LogP contribution in [0.1, 0.15) is 36.0 Å². The molecule has 0 saturated heterocycles. The SMILES string of the molecule is Bc1cc(CC2CC2)c(NC)c2c1CCC2. The Balaban J connectivity index is 2.05. The van der Waals surface area contributed by atoms with Crippen LogP contribution in [0.25, 0.3) is 0 Å². The molecule has 2 heteroatoms. The Kier molecular flexibility index (Phi) is 2.46. The first kappa shape index (κ1) is 10.3. The monoisotopic (exact) mass is 213 g/mol. The lowest BCUT2D eigenvalue weighted by Crippen LogP contribution is -2.14. The maximum absolute atomic E-state index is 3.46. The van der Waals surface area contributed by atoms with Gasteiger partial charge in [-0.05, 0) is 61.1 Å². The smallest absolute Gasteiger partial charge is 0.139 e.